The molecule has 1 aliphatic heterocycles. The van der Waals surface area contributed by atoms with Gasteiger partial charge in [-0.25, -0.2) is 4.79 Å². The van der Waals surface area contributed by atoms with Crippen molar-refractivity contribution < 1.29 is 19.4 Å². The highest BCUT2D eigenvalue weighted by atomic mass is 16.5. The van der Waals surface area contributed by atoms with Gasteiger partial charge < -0.3 is 19.7 Å². The summed E-state index contributed by atoms with van der Waals surface area (Å²) in [5.74, 6) is 0.118. The molecule has 5 rings (SSSR count). The number of nitrogens with one attached hydrogen (secondary N) is 2. The monoisotopic (exact) mass is 459 g/mol. The number of carbonyl (C=O) groups is 2. The van der Waals surface area contributed by atoms with Crippen LogP contribution in [-0.4, -0.2) is 38.5 Å². The standard InChI is InChI=1S/C25H25N5O4/c1-14-21(15(2)29(3)28-14)16-5-8-18(9-6-16)25(23(32)26-24(33)27-25)13-30-12-17-7-10-19(34-4)11-20(17)22(30)31/h5-12,31H,13H2,1-4H3,(H2,26,27,32,33)/t25-/m0/s1. The number of methoxy groups -OCH3 is 1. The van der Waals surface area contributed by atoms with Crippen LogP contribution in [0.2, 0.25) is 0 Å². The first-order chi connectivity index (χ1) is 16.2. The lowest BCUT2D eigenvalue weighted by Crippen LogP contribution is -2.47. The molecule has 34 heavy (non-hydrogen) atoms. The van der Waals surface area contributed by atoms with Gasteiger partial charge in [0, 0.05) is 35.3 Å². The number of fused-ring (bicyclic) bond motifs is 1. The average Bonchev–Trinajstić information content (AvgIpc) is 3.38. The van der Waals surface area contributed by atoms with Crippen LogP contribution in [0.5, 0.6) is 11.6 Å². The van der Waals surface area contributed by atoms with Gasteiger partial charge in [-0.2, -0.15) is 5.10 Å². The zero-order chi connectivity index (χ0) is 24.2. The summed E-state index contributed by atoms with van der Waals surface area (Å²) < 4.78 is 8.66. The zero-order valence-electron chi connectivity index (χ0n) is 19.3. The SMILES string of the molecule is COc1ccc2cn(C[C@@]3(c4ccc(-c5c(C)nn(C)c5C)cc4)NC(=O)NC3=O)c(O)c2c1. The number of aromatic nitrogens is 3. The number of urea groups is 1. The average molecular weight is 460 g/mol. The van der Waals surface area contributed by atoms with Crippen molar-refractivity contribution in [1.82, 2.24) is 25.0 Å². The lowest BCUT2D eigenvalue weighted by Gasteiger charge is -2.27. The smallest absolute Gasteiger partial charge is 0.322 e. The van der Waals surface area contributed by atoms with Gasteiger partial charge in [0.05, 0.1) is 19.3 Å². The van der Waals surface area contributed by atoms with Crippen molar-refractivity contribution in [2.75, 3.05) is 7.11 Å². The van der Waals surface area contributed by atoms with E-state index in [2.05, 4.69) is 15.7 Å². The van der Waals surface area contributed by atoms with E-state index in [1.807, 2.05) is 55.9 Å². The molecule has 174 valence electrons. The van der Waals surface area contributed by atoms with Crippen LogP contribution in [0.1, 0.15) is 17.0 Å². The molecule has 1 aliphatic rings. The summed E-state index contributed by atoms with van der Waals surface area (Å²) in [6.07, 6.45) is 1.75. The van der Waals surface area contributed by atoms with Gasteiger partial charge in [0.1, 0.15) is 5.75 Å². The maximum Gasteiger partial charge on any atom is 0.322 e. The molecule has 9 heteroatoms. The largest absolute Gasteiger partial charge is 0.497 e. The molecule has 1 atom stereocenters. The van der Waals surface area contributed by atoms with Gasteiger partial charge in [-0.1, -0.05) is 24.3 Å². The van der Waals surface area contributed by atoms with E-state index in [0.717, 1.165) is 27.9 Å². The molecule has 0 unspecified atom stereocenters. The van der Waals surface area contributed by atoms with Gasteiger partial charge >= 0.3 is 6.03 Å². The van der Waals surface area contributed by atoms with Crippen LogP contribution in [0.25, 0.3) is 21.9 Å². The maximum atomic E-state index is 13.1. The summed E-state index contributed by atoms with van der Waals surface area (Å²) in [5.41, 5.74) is 3.17. The van der Waals surface area contributed by atoms with Crippen LogP contribution in [0.4, 0.5) is 4.79 Å². The summed E-state index contributed by atoms with van der Waals surface area (Å²) in [5, 5.41) is 21.9. The van der Waals surface area contributed by atoms with Gasteiger partial charge in [0.15, 0.2) is 11.4 Å². The second-order valence-electron chi connectivity index (χ2n) is 8.59. The number of carbonyl (C=O) groups excluding carboxylic acids is 2. The van der Waals surface area contributed by atoms with Crippen LogP contribution < -0.4 is 15.4 Å². The van der Waals surface area contributed by atoms with E-state index in [-0.39, 0.29) is 12.4 Å². The Balaban J connectivity index is 1.58. The predicted molar refractivity (Wildman–Crippen MR) is 127 cm³/mol. The molecule has 0 spiro atoms. The molecule has 2 aromatic carbocycles. The summed E-state index contributed by atoms with van der Waals surface area (Å²) >= 11 is 0. The molecule has 3 N–H and O–H groups in total. The highest BCUT2D eigenvalue weighted by molar-refractivity contribution is 6.07. The van der Waals surface area contributed by atoms with Crippen molar-refractivity contribution >= 4 is 22.7 Å². The van der Waals surface area contributed by atoms with E-state index in [4.69, 9.17) is 4.74 Å². The Morgan fingerprint density at radius 1 is 1.12 bits per heavy atom. The minimum absolute atomic E-state index is 0.0116. The molecule has 0 aliphatic carbocycles. The first kappa shape index (κ1) is 21.6. The highest BCUT2D eigenvalue weighted by Crippen LogP contribution is 2.36. The second-order valence-corrected chi connectivity index (χ2v) is 8.59. The number of benzene rings is 2. The van der Waals surface area contributed by atoms with Gasteiger partial charge in [-0.05, 0) is 43.2 Å². The number of aromatic hydroxyl groups is 1. The van der Waals surface area contributed by atoms with E-state index >= 15 is 0 Å². The predicted octanol–water partition coefficient (Wildman–Crippen LogP) is 3.11. The van der Waals surface area contributed by atoms with Crippen molar-refractivity contribution in [3.05, 3.63) is 65.6 Å². The Labute approximate surface area is 195 Å². The summed E-state index contributed by atoms with van der Waals surface area (Å²) in [7, 11) is 3.46. The third-order valence-corrected chi connectivity index (χ3v) is 6.59. The number of ether oxygens (including phenoxy) is 1. The van der Waals surface area contributed by atoms with E-state index < -0.39 is 17.5 Å². The van der Waals surface area contributed by atoms with E-state index in [9.17, 15) is 14.7 Å². The number of imide groups is 1. The summed E-state index contributed by atoms with van der Waals surface area (Å²) in [6.45, 7) is 3.97. The van der Waals surface area contributed by atoms with Gasteiger partial charge in [-0.3, -0.25) is 14.8 Å². The first-order valence-corrected chi connectivity index (χ1v) is 10.8. The molecule has 3 amide bonds. The molecule has 2 aromatic heterocycles. The van der Waals surface area contributed by atoms with Gasteiger partial charge in [0.2, 0.25) is 0 Å². The zero-order valence-corrected chi connectivity index (χ0v) is 19.3. The van der Waals surface area contributed by atoms with Crippen molar-refractivity contribution in [3.8, 4) is 22.8 Å². The quantitative estimate of drug-likeness (QED) is 0.397. The van der Waals surface area contributed by atoms with Crippen LogP contribution in [0.3, 0.4) is 0 Å². The lowest BCUT2D eigenvalue weighted by atomic mass is 9.88. The molecule has 4 aromatic rings. The molecular formula is C25H25N5O4. The minimum atomic E-state index is -1.38. The third kappa shape index (κ3) is 3.20. The van der Waals surface area contributed by atoms with E-state index in [1.54, 1.807) is 30.0 Å². The maximum absolute atomic E-state index is 13.1. The van der Waals surface area contributed by atoms with Crippen molar-refractivity contribution in [2.45, 2.75) is 25.9 Å². The van der Waals surface area contributed by atoms with Crippen LogP contribution in [-0.2, 0) is 23.9 Å². The fourth-order valence-electron chi connectivity index (χ4n) is 4.74. The van der Waals surface area contributed by atoms with Crippen LogP contribution >= 0.6 is 0 Å². The van der Waals surface area contributed by atoms with E-state index in [1.165, 1.54) is 0 Å². The van der Waals surface area contributed by atoms with Crippen molar-refractivity contribution in [2.24, 2.45) is 7.05 Å². The number of hydrogen-bond acceptors (Lipinski definition) is 5. The molecule has 0 radical (unpaired) electrons. The number of rotatable bonds is 5. The topological polar surface area (TPSA) is 110 Å². The number of amides is 3. The number of aryl methyl sites for hydroxylation is 2. The fraction of sp³-hybridized carbons (Fsp3) is 0.240. The van der Waals surface area contributed by atoms with Crippen LogP contribution in [0, 0.1) is 13.8 Å². The summed E-state index contributed by atoms with van der Waals surface area (Å²) in [4.78, 5) is 25.3. The highest BCUT2D eigenvalue weighted by Gasteiger charge is 2.48. The van der Waals surface area contributed by atoms with E-state index in [0.29, 0.717) is 16.7 Å². The first-order valence-electron chi connectivity index (χ1n) is 10.8. The summed E-state index contributed by atoms with van der Waals surface area (Å²) in [6, 6.07) is 12.3. The van der Waals surface area contributed by atoms with Gasteiger partial charge in [0.25, 0.3) is 5.91 Å². The molecule has 3 heterocycles. The molecule has 0 bridgehead atoms. The molecule has 9 nitrogen and oxygen atoms in total. The lowest BCUT2D eigenvalue weighted by molar-refractivity contribution is -0.124. The van der Waals surface area contributed by atoms with Gasteiger partial charge in [-0.15, -0.1) is 0 Å². The van der Waals surface area contributed by atoms with Crippen molar-refractivity contribution in [1.29, 1.82) is 0 Å². The second kappa shape index (κ2) is 7.65. The Morgan fingerprint density at radius 3 is 2.44 bits per heavy atom. The molecular weight excluding hydrogens is 434 g/mol. The van der Waals surface area contributed by atoms with Crippen molar-refractivity contribution in [3.63, 3.8) is 0 Å². The number of nitrogens with zero attached hydrogens (tertiary/aromatic N) is 3. The Hall–Kier alpha value is -4.27. The normalized spacial score (nSPS) is 17.8. The Morgan fingerprint density at radius 2 is 1.85 bits per heavy atom. The number of hydrogen-bond donors (Lipinski definition) is 3. The molecule has 1 saturated heterocycles. The fourth-order valence-corrected chi connectivity index (χ4v) is 4.74. The third-order valence-electron chi connectivity index (χ3n) is 6.59. The molecule has 1 fully saturated rings. The molecule has 0 saturated carbocycles. The minimum Gasteiger partial charge on any atom is -0.497 e. The van der Waals surface area contributed by atoms with Crippen LogP contribution in [0.15, 0.2) is 48.7 Å². The Kier molecular flexibility index (Phi) is 4.85. The Bertz CT molecular complexity index is 1450.